The Balaban J connectivity index is 1.88. The molecule has 0 aliphatic heterocycles. The lowest BCUT2D eigenvalue weighted by Crippen LogP contribution is -1.90. The summed E-state index contributed by atoms with van der Waals surface area (Å²) in [7, 11) is 0. The summed E-state index contributed by atoms with van der Waals surface area (Å²) in [5.74, 6) is 3.03. The van der Waals surface area contributed by atoms with E-state index < -0.39 is 11.6 Å². The Kier molecular flexibility index (Phi) is 4.35. The summed E-state index contributed by atoms with van der Waals surface area (Å²) >= 11 is 0. The number of rotatable bonds is 1. The van der Waals surface area contributed by atoms with Crippen LogP contribution in [-0.2, 0) is 0 Å². The predicted octanol–water partition coefficient (Wildman–Crippen LogP) is 4.87. The number of hydrogen-bond donors (Lipinski definition) is 0. The van der Waals surface area contributed by atoms with Gasteiger partial charge in [0, 0.05) is 17.3 Å². The van der Waals surface area contributed by atoms with Crippen molar-refractivity contribution in [1.82, 2.24) is 4.98 Å². The van der Waals surface area contributed by atoms with Crippen LogP contribution in [0.4, 0.5) is 13.2 Å². The fourth-order valence-corrected chi connectivity index (χ4v) is 2.19. The molecule has 3 rings (SSSR count). The molecule has 1 nitrogen and oxygen atoms in total. The quantitative estimate of drug-likeness (QED) is 0.582. The third kappa shape index (κ3) is 3.31. The van der Waals surface area contributed by atoms with Gasteiger partial charge in [0.2, 0.25) is 0 Å². The van der Waals surface area contributed by atoms with E-state index in [-0.39, 0.29) is 11.4 Å². The molecule has 0 aliphatic carbocycles. The summed E-state index contributed by atoms with van der Waals surface area (Å²) in [5, 5.41) is 0. The highest BCUT2D eigenvalue weighted by atomic mass is 19.2. The van der Waals surface area contributed by atoms with Gasteiger partial charge in [-0.2, -0.15) is 0 Å². The average molecular weight is 323 g/mol. The maximum absolute atomic E-state index is 13.9. The second kappa shape index (κ2) is 6.59. The molecule has 0 aliphatic rings. The molecule has 0 unspecified atom stereocenters. The van der Waals surface area contributed by atoms with E-state index >= 15 is 0 Å². The summed E-state index contributed by atoms with van der Waals surface area (Å²) in [4.78, 5) is 4.18. The van der Waals surface area contributed by atoms with Gasteiger partial charge in [0.25, 0.3) is 0 Å². The summed E-state index contributed by atoms with van der Waals surface area (Å²) in [5.41, 5.74) is 2.21. The molecule has 0 saturated carbocycles. The fraction of sp³-hybridized carbons (Fsp3) is 0.0500. The van der Waals surface area contributed by atoms with E-state index in [4.69, 9.17) is 0 Å². The summed E-state index contributed by atoms with van der Waals surface area (Å²) in [6.45, 7) is 1.81. The third-order valence-corrected chi connectivity index (χ3v) is 3.46. The van der Waals surface area contributed by atoms with Crippen molar-refractivity contribution in [3.05, 3.63) is 88.9 Å². The molecular weight excluding hydrogens is 311 g/mol. The molecular formula is C20H12F3N. The van der Waals surface area contributed by atoms with E-state index in [0.29, 0.717) is 16.8 Å². The number of pyridine rings is 1. The van der Waals surface area contributed by atoms with Gasteiger partial charge in [-0.05, 0) is 48.9 Å². The molecule has 0 N–H and O–H groups in total. The van der Waals surface area contributed by atoms with Crippen LogP contribution >= 0.6 is 0 Å². The van der Waals surface area contributed by atoms with Gasteiger partial charge in [0.15, 0.2) is 11.6 Å². The standard InChI is InChI=1S/C20H12F3N/c1-13-5-9-16(18(22)11-13)19-10-7-14(12-24-19)6-8-15-3-2-4-17(21)20(15)23/h2-5,7,9-12H,1H3. The van der Waals surface area contributed by atoms with Crippen LogP contribution in [0.2, 0.25) is 0 Å². The first-order valence-corrected chi connectivity index (χ1v) is 7.23. The van der Waals surface area contributed by atoms with Crippen LogP contribution in [0.5, 0.6) is 0 Å². The lowest BCUT2D eigenvalue weighted by Gasteiger charge is -2.03. The lowest BCUT2D eigenvalue weighted by molar-refractivity contribution is 0.506. The molecule has 0 fully saturated rings. The van der Waals surface area contributed by atoms with Crippen LogP contribution in [0.15, 0.2) is 54.7 Å². The van der Waals surface area contributed by atoms with Gasteiger partial charge in [-0.3, -0.25) is 4.98 Å². The van der Waals surface area contributed by atoms with Crippen LogP contribution < -0.4 is 0 Å². The highest BCUT2D eigenvalue weighted by Gasteiger charge is 2.07. The van der Waals surface area contributed by atoms with Gasteiger partial charge >= 0.3 is 0 Å². The maximum Gasteiger partial charge on any atom is 0.174 e. The highest BCUT2D eigenvalue weighted by molar-refractivity contribution is 5.61. The van der Waals surface area contributed by atoms with Crippen LogP contribution in [0.25, 0.3) is 11.3 Å². The Morgan fingerprint density at radius 3 is 2.42 bits per heavy atom. The van der Waals surface area contributed by atoms with E-state index in [1.165, 1.54) is 24.4 Å². The summed E-state index contributed by atoms with van der Waals surface area (Å²) in [6, 6.07) is 12.0. The number of halogens is 3. The topological polar surface area (TPSA) is 12.9 Å². The van der Waals surface area contributed by atoms with E-state index in [1.807, 2.05) is 6.92 Å². The average Bonchev–Trinajstić information content (AvgIpc) is 2.57. The lowest BCUT2D eigenvalue weighted by atomic mass is 10.1. The molecule has 0 amide bonds. The molecule has 1 heterocycles. The van der Waals surface area contributed by atoms with Crippen molar-refractivity contribution >= 4 is 0 Å². The zero-order valence-corrected chi connectivity index (χ0v) is 12.8. The van der Waals surface area contributed by atoms with E-state index in [2.05, 4.69) is 16.8 Å². The van der Waals surface area contributed by atoms with Crippen molar-refractivity contribution in [2.75, 3.05) is 0 Å². The second-order valence-electron chi connectivity index (χ2n) is 5.27. The zero-order valence-electron chi connectivity index (χ0n) is 12.8. The normalized spacial score (nSPS) is 10.2. The zero-order chi connectivity index (χ0) is 17.1. The Hall–Kier alpha value is -3.06. The van der Waals surface area contributed by atoms with Crippen molar-refractivity contribution in [1.29, 1.82) is 0 Å². The van der Waals surface area contributed by atoms with E-state index in [0.717, 1.165) is 11.6 Å². The first-order valence-electron chi connectivity index (χ1n) is 7.23. The monoisotopic (exact) mass is 323 g/mol. The SMILES string of the molecule is Cc1ccc(-c2ccc(C#Cc3cccc(F)c3F)cn2)c(F)c1. The van der Waals surface area contributed by atoms with E-state index in [9.17, 15) is 13.2 Å². The van der Waals surface area contributed by atoms with Crippen molar-refractivity contribution in [2.24, 2.45) is 0 Å². The van der Waals surface area contributed by atoms with Gasteiger partial charge in [0.05, 0.1) is 11.3 Å². The first kappa shape index (κ1) is 15.8. The fourth-order valence-electron chi connectivity index (χ4n) is 2.19. The van der Waals surface area contributed by atoms with Crippen LogP contribution in [-0.4, -0.2) is 4.98 Å². The molecule has 3 aromatic rings. The second-order valence-corrected chi connectivity index (χ2v) is 5.27. The number of hydrogen-bond acceptors (Lipinski definition) is 1. The molecule has 0 saturated heterocycles. The smallest absolute Gasteiger partial charge is 0.174 e. The van der Waals surface area contributed by atoms with Crippen molar-refractivity contribution in [3.63, 3.8) is 0 Å². The van der Waals surface area contributed by atoms with Crippen molar-refractivity contribution in [3.8, 4) is 23.1 Å². The predicted molar refractivity (Wildman–Crippen MR) is 86.7 cm³/mol. The molecule has 0 atom stereocenters. The Bertz CT molecular complexity index is 951. The minimum atomic E-state index is -0.976. The van der Waals surface area contributed by atoms with Gasteiger partial charge < -0.3 is 0 Å². The Labute approximate surface area is 137 Å². The molecule has 0 spiro atoms. The maximum atomic E-state index is 13.9. The molecule has 24 heavy (non-hydrogen) atoms. The van der Waals surface area contributed by atoms with Gasteiger partial charge in [-0.1, -0.05) is 24.0 Å². The molecule has 0 radical (unpaired) electrons. The summed E-state index contributed by atoms with van der Waals surface area (Å²) in [6.07, 6.45) is 1.47. The van der Waals surface area contributed by atoms with E-state index in [1.54, 1.807) is 24.3 Å². The van der Waals surface area contributed by atoms with Gasteiger partial charge in [-0.15, -0.1) is 0 Å². The van der Waals surface area contributed by atoms with Crippen molar-refractivity contribution in [2.45, 2.75) is 6.92 Å². The molecule has 0 bridgehead atoms. The molecule has 2 aromatic carbocycles. The van der Waals surface area contributed by atoms with Gasteiger partial charge in [-0.25, -0.2) is 13.2 Å². The highest BCUT2D eigenvalue weighted by Crippen LogP contribution is 2.21. The van der Waals surface area contributed by atoms with Crippen LogP contribution in [0.1, 0.15) is 16.7 Å². The molecule has 1 aromatic heterocycles. The first-order chi connectivity index (χ1) is 11.5. The van der Waals surface area contributed by atoms with Crippen LogP contribution in [0, 0.1) is 36.2 Å². The Morgan fingerprint density at radius 2 is 1.71 bits per heavy atom. The minimum Gasteiger partial charge on any atom is -0.255 e. The Morgan fingerprint density at radius 1 is 0.875 bits per heavy atom. The number of nitrogens with zero attached hydrogens (tertiary/aromatic N) is 1. The third-order valence-electron chi connectivity index (χ3n) is 3.46. The summed E-state index contributed by atoms with van der Waals surface area (Å²) < 4.78 is 40.6. The number of benzene rings is 2. The molecule has 4 heteroatoms. The van der Waals surface area contributed by atoms with Crippen molar-refractivity contribution < 1.29 is 13.2 Å². The number of aryl methyl sites for hydroxylation is 1. The minimum absolute atomic E-state index is 0.0244. The van der Waals surface area contributed by atoms with Crippen LogP contribution in [0.3, 0.4) is 0 Å². The number of aromatic nitrogens is 1. The molecule has 118 valence electrons. The van der Waals surface area contributed by atoms with Gasteiger partial charge in [0.1, 0.15) is 5.82 Å². The largest absolute Gasteiger partial charge is 0.255 e.